The van der Waals surface area contributed by atoms with E-state index in [2.05, 4.69) is 42.6 Å². The summed E-state index contributed by atoms with van der Waals surface area (Å²) in [6.45, 7) is 4.19. The van der Waals surface area contributed by atoms with Crippen LogP contribution in [0.5, 0.6) is 0 Å². The lowest BCUT2D eigenvalue weighted by Gasteiger charge is -2.38. The molecule has 18 heavy (non-hydrogen) atoms. The molecule has 0 bridgehead atoms. The van der Waals surface area contributed by atoms with Crippen molar-refractivity contribution >= 4 is 0 Å². The lowest BCUT2D eigenvalue weighted by atomic mass is 9.75. The first kappa shape index (κ1) is 12.2. The minimum atomic E-state index is 0.0951. The second-order valence-corrected chi connectivity index (χ2v) is 6.06. The minimum Gasteiger partial charge on any atom is -0.374 e. The maximum absolute atomic E-state index is 5.81. The second kappa shape index (κ2) is 5.02. The average Bonchev–Trinajstić information content (AvgIpc) is 2.76. The number of benzene rings is 1. The molecule has 2 fully saturated rings. The first-order valence-electron chi connectivity index (χ1n) is 7.17. The highest BCUT2D eigenvalue weighted by molar-refractivity contribution is 5.22. The Hall–Kier alpha value is -0.860. The molecule has 1 aliphatic heterocycles. The Balaban J connectivity index is 1.43. The van der Waals surface area contributed by atoms with Crippen molar-refractivity contribution in [2.75, 3.05) is 13.2 Å². The van der Waals surface area contributed by atoms with E-state index >= 15 is 0 Å². The minimum absolute atomic E-state index is 0.0951. The van der Waals surface area contributed by atoms with Gasteiger partial charge in [0, 0.05) is 19.2 Å². The molecule has 1 aromatic rings. The van der Waals surface area contributed by atoms with E-state index in [1.807, 2.05) is 0 Å². The van der Waals surface area contributed by atoms with Gasteiger partial charge >= 0.3 is 0 Å². The van der Waals surface area contributed by atoms with Gasteiger partial charge in [0.15, 0.2) is 0 Å². The Labute approximate surface area is 110 Å². The van der Waals surface area contributed by atoms with Crippen molar-refractivity contribution in [1.29, 1.82) is 0 Å². The summed E-state index contributed by atoms with van der Waals surface area (Å²) in [5.74, 6) is 0.765. The molecule has 0 radical (unpaired) electrons. The molecule has 1 aromatic carbocycles. The molecule has 1 aliphatic carbocycles. The average molecular weight is 245 g/mol. The molecule has 1 saturated heterocycles. The van der Waals surface area contributed by atoms with Gasteiger partial charge in [-0.1, -0.05) is 30.3 Å². The van der Waals surface area contributed by atoms with Crippen molar-refractivity contribution in [3.05, 3.63) is 35.9 Å². The second-order valence-electron chi connectivity index (χ2n) is 6.06. The molecule has 1 atom stereocenters. The number of ether oxygens (including phenoxy) is 1. The fraction of sp³-hybridized carbons (Fsp3) is 0.625. The molecular weight excluding hydrogens is 222 g/mol. The highest BCUT2D eigenvalue weighted by Gasteiger charge is 2.34. The van der Waals surface area contributed by atoms with Crippen LogP contribution in [0.1, 0.15) is 44.1 Å². The Kier molecular flexibility index (Phi) is 3.40. The maximum atomic E-state index is 5.81. The van der Waals surface area contributed by atoms with Crippen LogP contribution in [-0.4, -0.2) is 24.8 Å². The van der Waals surface area contributed by atoms with Crippen LogP contribution in [0.15, 0.2) is 30.3 Å². The first-order chi connectivity index (χ1) is 8.75. The molecule has 3 rings (SSSR count). The molecule has 2 aliphatic rings. The van der Waals surface area contributed by atoms with Gasteiger partial charge in [-0.2, -0.15) is 0 Å². The van der Waals surface area contributed by atoms with Crippen LogP contribution in [0.3, 0.4) is 0 Å². The molecule has 0 aromatic heterocycles. The number of nitrogens with one attached hydrogen (secondary N) is 1. The fourth-order valence-corrected chi connectivity index (χ4v) is 3.12. The van der Waals surface area contributed by atoms with Crippen molar-refractivity contribution in [2.24, 2.45) is 0 Å². The maximum Gasteiger partial charge on any atom is 0.0779 e. The van der Waals surface area contributed by atoms with E-state index in [4.69, 9.17) is 4.74 Å². The van der Waals surface area contributed by atoms with Gasteiger partial charge in [-0.05, 0) is 44.1 Å². The Morgan fingerprint density at radius 1 is 1.28 bits per heavy atom. The van der Waals surface area contributed by atoms with E-state index in [1.54, 1.807) is 0 Å². The zero-order valence-electron chi connectivity index (χ0n) is 11.2. The number of hydrogen-bond acceptors (Lipinski definition) is 2. The fourth-order valence-electron chi connectivity index (χ4n) is 3.12. The molecule has 1 saturated carbocycles. The summed E-state index contributed by atoms with van der Waals surface area (Å²) in [5.41, 5.74) is 1.59. The third kappa shape index (κ3) is 2.60. The SMILES string of the molecule is CC1(CNC2CC(c3ccccc3)C2)CCCO1. The van der Waals surface area contributed by atoms with Crippen molar-refractivity contribution in [3.8, 4) is 0 Å². The van der Waals surface area contributed by atoms with Gasteiger partial charge in [-0.15, -0.1) is 0 Å². The molecule has 2 heteroatoms. The van der Waals surface area contributed by atoms with E-state index in [9.17, 15) is 0 Å². The monoisotopic (exact) mass is 245 g/mol. The number of hydrogen-bond donors (Lipinski definition) is 1. The normalized spacial score (nSPS) is 35.4. The van der Waals surface area contributed by atoms with Crippen LogP contribution in [0.2, 0.25) is 0 Å². The van der Waals surface area contributed by atoms with Crippen molar-refractivity contribution in [3.63, 3.8) is 0 Å². The summed E-state index contributed by atoms with van der Waals surface area (Å²) < 4.78 is 5.81. The number of rotatable bonds is 4. The first-order valence-corrected chi connectivity index (χ1v) is 7.17. The lowest BCUT2D eigenvalue weighted by Crippen LogP contribution is -2.47. The van der Waals surface area contributed by atoms with Crippen LogP contribution in [0, 0.1) is 0 Å². The predicted octanol–water partition coefficient (Wildman–Crippen LogP) is 3.09. The Bertz CT molecular complexity index is 377. The molecule has 1 N–H and O–H groups in total. The van der Waals surface area contributed by atoms with Crippen LogP contribution >= 0.6 is 0 Å². The van der Waals surface area contributed by atoms with E-state index in [1.165, 1.54) is 31.2 Å². The Morgan fingerprint density at radius 3 is 2.72 bits per heavy atom. The largest absolute Gasteiger partial charge is 0.374 e. The lowest BCUT2D eigenvalue weighted by molar-refractivity contribution is 0.0158. The zero-order valence-corrected chi connectivity index (χ0v) is 11.2. The standard InChI is InChI=1S/C16H23NO/c1-16(8-5-9-18-16)12-17-15-10-14(11-15)13-6-3-2-4-7-13/h2-4,6-7,14-15,17H,5,8-12H2,1H3. The molecule has 1 heterocycles. The summed E-state index contributed by atoms with van der Waals surface area (Å²) in [5, 5.41) is 3.68. The summed E-state index contributed by atoms with van der Waals surface area (Å²) >= 11 is 0. The van der Waals surface area contributed by atoms with E-state index in [-0.39, 0.29) is 5.60 Å². The third-order valence-corrected chi connectivity index (χ3v) is 4.47. The quantitative estimate of drug-likeness (QED) is 0.880. The smallest absolute Gasteiger partial charge is 0.0779 e. The van der Waals surface area contributed by atoms with Gasteiger partial charge in [-0.3, -0.25) is 0 Å². The topological polar surface area (TPSA) is 21.3 Å². The van der Waals surface area contributed by atoms with Crippen LogP contribution in [-0.2, 0) is 4.74 Å². The highest BCUT2D eigenvalue weighted by Crippen LogP contribution is 2.37. The van der Waals surface area contributed by atoms with Crippen LogP contribution in [0.4, 0.5) is 0 Å². The van der Waals surface area contributed by atoms with Gasteiger partial charge in [0.2, 0.25) is 0 Å². The van der Waals surface area contributed by atoms with Gasteiger partial charge in [0.05, 0.1) is 5.60 Å². The van der Waals surface area contributed by atoms with Crippen molar-refractivity contribution < 1.29 is 4.74 Å². The van der Waals surface area contributed by atoms with Gasteiger partial charge in [-0.25, -0.2) is 0 Å². The Morgan fingerprint density at radius 2 is 2.06 bits per heavy atom. The van der Waals surface area contributed by atoms with E-state index < -0.39 is 0 Å². The van der Waals surface area contributed by atoms with Gasteiger partial charge in [0.1, 0.15) is 0 Å². The highest BCUT2D eigenvalue weighted by atomic mass is 16.5. The van der Waals surface area contributed by atoms with Crippen molar-refractivity contribution in [2.45, 2.75) is 50.2 Å². The molecule has 2 nitrogen and oxygen atoms in total. The van der Waals surface area contributed by atoms with Crippen LogP contribution < -0.4 is 5.32 Å². The van der Waals surface area contributed by atoms with Gasteiger partial charge in [0.25, 0.3) is 0 Å². The predicted molar refractivity (Wildman–Crippen MR) is 73.8 cm³/mol. The van der Waals surface area contributed by atoms with E-state index in [0.717, 1.165) is 19.1 Å². The molecule has 1 unspecified atom stereocenters. The molecule has 0 amide bonds. The van der Waals surface area contributed by atoms with Crippen LogP contribution in [0.25, 0.3) is 0 Å². The van der Waals surface area contributed by atoms with E-state index in [0.29, 0.717) is 6.04 Å². The summed E-state index contributed by atoms with van der Waals surface area (Å²) in [6, 6.07) is 11.6. The zero-order chi connectivity index (χ0) is 12.4. The summed E-state index contributed by atoms with van der Waals surface area (Å²) in [7, 11) is 0. The molecule has 98 valence electrons. The third-order valence-electron chi connectivity index (χ3n) is 4.47. The summed E-state index contributed by atoms with van der Waals surface area (Å²) in [4.78, 5) is 0. The summed E-state index contributed by atoms with van der Waals surface area (Å²) in [6.07, 6.45) is 4.98. The van der Waals surface area contributed by atoms with Gasteiger partial charge < -0.3 is 10.1 Å². The van der Waals surface area contributed by atoms with Crippen molar-refractivity contribution in [1.82, 2.24) is 5.32 Å². The molecule has 0 spiro atoms. The molecular formula is C16H23NO.